The topological polar surface area (TPSA) is 0 Å². The highest BCUT2D eigenvalue weighted by Crippen LogP contribution is 2.04. The summed E-state index contributed by atoms with van der Waals surface area (Å²) in [5, 5.41) is 0. The largest absolute Gasteiger partial charge is 0.135 e. The van der Waals surface area contributed by atoms with Gasteiger partial charge < -0.3 is 0 Å². The minimum atomic E-state index is 0.657. The third-order valence-corrected chi connectivity index (χ3v) is 1.18. The SMILES string of the molecule is [B]/C=C\C(C)CCC. The van der Waals surface area contributed by atoms with E-state index in [4.69, 9.17) is 7.85 Å². The van der Waals surface area contributed by atoms with Crippen LogP contribution >= 0.6 is 0 Å². The summed E-state index contributed by atoms with van der Waals surface area (Å²) in [6.07, 6.45) is 4.52. The molecule has 0 heterocycles. The molecule has 0 spiro atoms. The molecule has 0 aliphatic carbocycles. The Morgan fingerprint density at radius 2 is 2.25 bits per heavy atom. The summed E-state index contributed by atoms with van der Waals surface area (Å²) >= 11 is 0. The second-order valence-electron chi connectivity index (χ2n) is 2.15. The quantitative estimate of drug-likeness (QED) is 0.485. The molecule has 0 aromatic carbocycles. The van der Waals surface area contributed by atoms with Gasteiger partial charge in [-0.3, -0.25) is 0 Å². The molecule has 0 N–H and O–H groups in total. The van der Waals surface area contributed by atoms with Crippen molar-refractivity contribution in [1.29, 1.82) is 0 Å². The van der Waals surface area contributed by atoms with Gasteiger partial charge in [0.15, 0.2) is 0 Å². The minimum absolute atomic E-state index is 0.657. The standard InChI is InChI=1S/C7H13B/c1-3-4-7(2)5-6-8/h5-7H,3-4H2,1-2H3/b6-5-. The van der Waals surface area contributed by atoms with Gasteiger partial charge in [-0.1, -0.05) is 26.3 Å². The van der Waals surface area contributed by atoms with Gasteiger partial charge in [-0.05, 0) is 12.3 Å². The van der Waals surface area contributed by atoms with E-state index in [1.54, 1.807) is 5.98 Å². The van der Waals surface area contributed by atoms with Gasteiger partial charge in [-0.2, -0.15) is 0 Å². The first-order valence-electron chi connectivity index (χ1n) is 3.19. The van der Waals surface area contributed by atoms with Gasteiger partial charge in [0.25, 0.3) is 0 Å². The summed E-state index contributed by atoms with van der Waals surface area (Å²) in [7, 11) is 5.18. The second-order valence-corrected chi connectivity index (χ2v) is 2.15. The van der Waals surface area contributed by atoms with E-state index in [9.17, 15) is 0 Å². The van der Waals surface area contributed by atoms with Crippen molar-refractivity contribution in [3.63, 3.8) is 0 Å². The van der Waals surface area contributed by atoms with Crippen LogP contribution in [0, 0.1) is 5.92 Å². The van der Waals surface area contributed by atoms with Crippen LogP contribution in [0.3, 0.4) is 0 Å². The second kappa shape index (κ2) is 4.95. The van der Waals surface area contributed by atoms with Crippen molar-refractivity contribution in [2.24, 2.45) is 5.92 Å². The normalized spacial score (nSPS) is 14.8. The minimum Gasteiger partial charge on any atom is -0.135 e. The van der Waals surface area contributed by atoms with E-state index in [1.165, 1.54) is 12.8 Å². The fourth-order valence-corrected chi connectivity index (χ4v) is 0.741. The molecule has 0 nitrogen and oxygen atoms in total. The van der Waals surface area contributed by atoms with E-state index < -0.39 is 0 Å². The molecule has 1 heteroatoms. The highest BCUT2D eigenvalue weighted by Gasteiger charge is 1.90. The van der Waals surface area contributed by atoms with Crippen molar-refractivity contribution < 1.29 is 0 Å². The predicted octanol–water partition coefficient (Wildman–Crippen LogP) is 2.10. The Kier molecular flexibility index (Phi) is 4.83. The van der Waals surface area contributed by atoms with E-state index in [2.05, 4.69) is 13.8 Å². The maximum Gasteiger partial charge on any atom is 0.102 e. The average molecular weight is 108 g/mol. The molecule has 2 radical (unpaired) electrons. The fraction of sp³-hybridized carbons (Fsp3) is 0.714. The highest BCUT2D eigenvalue weighted by atomic mass is 14.0. The van der Waals surface area contributed by atoms with Crippen LogP contribution in [0.25, 0.3) is 0 Å². The van der Waals surface area contributed by atoms with E-state index in [1.807, 2.05) is 6.08 Å². The van der Waals surface area contributed by atoms with E-state index in [0.717, 1.165) is 0 Å². The Morgan fingerprint density at radius 1 is 1.62 bits per heavy atom. The molecular formula is C7H13B. The first-order chi connectivity index (χ1) is 3.81. The molecule has 44 valence electrons. The van der Waals surface area contributed by atoms with Gasteiger partial charge in [-0.25, -0.2) is 0 Å². The molecule has 0 saturated carbocycles. The Labute approximate surface area is 53.4 Å². The van der Waals surface area contributed by atoms with E-state index in [0.29, 0.717) is 5.92 Å². The van der Waals surface area contributed by atoms with E-state index in [-0.39, 0.29) is 0 Å². The third kappa shape index (κ3) is 3.98. The fourth-order valence-electron chi connectivity index (χ4n) is 0.741. The molecule has 0 bridgehead atoms. The lowest BCUT2D eigenvalue weighted by molar-refractivity contribution is 0.635. The molecule has 0 aromatic rings. The van der Waals surface area contributed by atoms with Crippen molar-refractivity contribution in [2.45, 2.75) is 26.7 Å². The van der Waals surface area contributed by atoms with Crippen molar-refractivity contribution in [2.75, 3.05) is 0 Å². The zero-order chi connectivity index (χ0) is 6.41. The maximum atomic E-state index is 5.18. The molecule has 0 rings (SSSR count). The molecule has 0 aliphatic heterocycles. The van der Waals surface area contributed by atoms with Crippen molar-refractivity contribution in [3.05, 3.63) is 12.1 Å². The Bertz CT molecular complexity index is 66.8. The molecule has 0 aromatic heterocycles. The number of allylic oxidation sites excluding steroid dienone is 1. The number of hydrogen-bond donors (Lipinski definition) is 0. The van der Waals surface area contributed by atoms with Crippen LogP contribution in [-0.4, -0.2) is 7.85 Å². The van der Waals surface area contributed by atoms with Gasteiger partial charge in [0.05, 0.1) is 0 Å². The summed E-state index contributed by atoms with van der Waals surface area (Å²) in [6.45, 7) is 4.35. The third-order valence-electron chi connectivity index (χ3n) is 1.18. The zero-order valence-corrected chi connectivity index (χ0v) is 5.72. The lowest BCUT2D eigenvalue weighted by Crippen LogP contribution is -1.86. The molecule has 8 heavy (non-hydrogen) atoms. The Balaban J connectivity index is 3.17. The van der Waals surface area contributed by atoms with Crippen LogP contribution in [0.5, 0.6) is 0 Å². The lowest BCUT2D eigenvalue weighted by Gasteiger charge is -1.99. The van der Waals surface area contributed by atoms with Crippen LogP contribution in [-0.2, 0) is 0 Å². The molecule has 0 fully saturated rings. The van der Waals surface area contributed by atoms with Crippen LogP contribution in [0.4, 0.5) is 0 Å². The van der Waals surface area contributed by atoms with Gasteiger partial charge in [0, 0.05) is 0 Å². The first kappa shape index (κ1) is 7.80. The van der Waals surface area contributed by atoms with Gasteiger partial charge in [-0.15, -0.1) is 5.98 Å². The van der Waals surface area contributed by atoms with E-state index >= 15 is 0 Å². The number of rotatable bonds is 3. The lowest BCUT2D eigenvalue weighted by atomic mass is 10.0. The molecule has 0 saturated heterocycles. The molecule has 0 aliphatic rings. The average Bonchev–Trinajstić information content (AvgIpc) is 1.68. The maximum absolute atomic E-state index is 5.18. The highest BCUT2D eigenvalue weighted by molar-refractivity contribution is 6.16. The summed E-state index contributed by atoms with van der Waals surface area (Å²) in [5.41, 5.74) is 0. The van der Waals surface area contributed by atoms with Gasteiger partial charge in [0.1, 0.15) is 7.85 Å². The van der Waals surface area contributed by atoms with Crippen molar-refractivity contribution >= 4 is 7.85 Å². The van der Waals surface area contributed by atoms with Crippen LogP contribution in [0.15, 0.2) is 12.1 Å². The van der Waals surface area contributed by atoms with Crippen LogP contribution in [0.1, 0.15) is 26.7 Å². The summed E-state index contributed by atoms with van der Waals surface area (Å²) in [5.74, 6) is 2.28. The summed E-state index contributed by atoms with van der Waals surface area (Å²) in [4.78, 5) is 0. The molecule has 0 amide bonds. The van der Waals surface area contributed by atoms with Gasteiger partial charge >= 0.3 is 0 Å². The Morgan fingerprint density at radius 3 is 2.62 bits per heavy atom. The first-order valence-corrected chi connectivity index (χ1v) is 3.19. The van der Waals surface area contributed by atoms with Crippen molar-refractivity contribution in [1.82, 2.24) is 0 Å². The summed E-state index contributed by atoms with van der Waals surface area (Å²) in [6, 6.07) is 0. The summed E-state index contributed by atoms with van der Waals surface area (Å²) < 4.78 is 0. The zero-order valence-electron chi connectivity index (χ0n) is 5.72. The van der Waals surface area contributed by atoms with Gasteiger partial charge in [0.2, 0.25) is 0 Å². The van der Waals surface area contributed by atoms with Crippen LogP contribution < -0.4 is 0 Å². The smallest absolute Gasteiger partial charge is 0.102 e. The number of hydrogen-bond acceptors (Lipinski definition) is 0. The molecule has 1 atom stereocenters. The van der Waals surface area contributed by atoms with Crippen molar-refractivity contribution in [3.8, 4) is 0 Å². The monoisotopic (exact) mass is 108 g/mol. The molecular weight excluding hydrogens is 94.9 g/mol. The van der Waals surface area contributed by atoms with Crippen LogP contribution in [0.2, 0.25) is 0 Å². The Hall–Kier alpha value is -0.195. The predicted molar refractivity (Wildman–Crippen MR) is 39.0 cm³/mol. The molecule has 1 unspecified atom stereocenters.